The van der Waals surface area contributed by atoms with E-state index >= 15 is 0 Å². The van der Waals surface area contributed by atoms with Gasteiger partial charge in [-0.25, -0.2) is 18.1 Å². The molecule has 2 aromatic carbocycles. The summed E-state index contributed by atoms with van der Waals surface area (Å²) >= 11 is 1.64. The Labute approximate surface area is 159 Å². The fourth-order valence-corrected chi connectivity index (χ4v) is 4.71. The Morgan fingerprint density at radius 1 is 1.00 bits per heavy atom. The zero-order valence-electron chi connectivity index (χ0n) is 14.7. The molecule has 0 aliphatic carbocycles. The van der Waals surface area contributed by atoms with Crippen molar-refractivity contribution in [1.82, 2.24) is 9.71 Å². The molecule has 0 amide bonds. The molecule has 1 heterocycles. The van der Waals surface area contributed by atoms with E-state index < -0.39 is 10.0 Å². The molecule has 0 spiro atoms. The lowest BCUT2D eigenvalue weighted by molar-refractivity contribution is 0.580. The van der Waals surface area contributed by atoms with Gasteiger partial charge in [-0.3, -0.25) is 0 Å². The molecule has 3 aromatic rings. The predicted molar refractivity (Wildman–Crippen MR) is 107 cm³/mol. The maximum atomic E-state index is 12.2. The molecule has 1 aromatic heterocycles. The van der Waals surface area contributed by atoms with Gasteiger partial charge in [0.15, 0.2) is 0 Å². The minimum Gasteiger partial charge on any atom is -0.249 e. The zero-order chi connectivity index (χ0) is 18.4. The van der Waals surface area contributed by atoms with Gasteiger partial charge < -0.3 is 0 Å². The average molecular weight is 387 g/mol. The van der Waals surface area contributed by atoms with Gasteiger partial charge in [0.25, 0.3) is 0 Å². The molecule has 0 saturated heterocycles. The van der Waals surface area contributed by atoms with Gasteiger partial charge in [-0.05, 0) is 18.1 Å². The first-order valence-corrected chi connectivity index (χ1v) is 11.0. The molecule has 0 unspecified atom stereocenters. The Hall–Kier alpha value is -2.02. The van der Waals surface area contributed by atoms with Gasteiger partial charge in [-0.15, -0.1) is 11.3 Å². The van der Waals surface area contributed by atoms with Crippen LogP contribution in [-0.2, 0) is 28.6 Å². The highest BCUT2D eigenvalue weighted by Gasteiger charge is 2.11. The fourth-order valence-electron chi connectivity index (χ4n) is 2.61. The van der Waals surface area contributed by atoms with Crippen LogP contribution in [0.5, 0.6) is 0 Å². The summed E-state index contributed by atoms with van der Waals surface area (Å²) < 4.78 is 27.1. The summed E-state index contributed by atoms with van der Waals surface area (Å²) in [6, 6.07) is 17.8. The van der Waals surface area contributed by atoms with E-state index in [0.29, 0.717) is 13.0 Å². The Morgan fingerprint density at radius 2 is 1.73 bits per heavy atom. The molecule has 26 heavy (non-hydrogen) atoms. The van der Waals surface area contributed by atoms with Crippen LogP contribution in [0.4, 0.5) is 0 Å². The lowest BCUT2D eigenvalue weighted by Crippen LogP contribution is -2.27. The normalized spacial score (nSPS) is 11.6. The van der Waals surface area contributed by atoms with Gasteiger partial charge in [0.05, 0.1) is 10.8 Å². The Morgan fingerprint density at radius 3 is 2.46 bits per heavy atom. The van der Waals surface area contributed by atoms with E-state index in [2.05, 4.69) is 21.8 Å². The largest absolute Gasteiger partial charge is 0.249 e. The third-order valence-electron chi connectivity index (χ3n) is 3.96. The highest BCUT2D eigenvalue weighted by Crippen LogP contribution is 2.17. The number of nitrogens with zero attached hydrogens (tertiary/aromatic N) is 1. The van der Waals surface area contributed by atoms with Gasteiger partial charge >= 0.3 is 0 Å². The quantitative estimate of drug-likeness (QED) is 0.642. The number of hydrogen-bond donors (Lipinski definition) is 1. The first-order valence-electron chi connectivity index (χ1n) is 8.50. The van der Waals surface area contributed by atoms with Crippen LogP contribution >= 0.6 is 11.3 Å². The van der Waals surface area contributed by atoms with Crippen LogP contribution in [0.2, 0.25) is 0 Å². The summed E-state index contributed by atoms with van der Waals surface area (Å²) in [4.78, 5) is 5.60. The number of sulfonamides is 1. The highest BCUT2D eigenvalue weighted by molar-refractivity contribution is 7.88. The molecule has 136 valence electrons. The van der Waals surface area contributed by atoms with Crippen molar-refractivity contribution in [3.05, 3.63) is 87.4 Å². The SMILES string of the molecule is Cc1ccc(CS(=O)(=O)NCCc2ncc(Cc3ccccc3)s2)cc1. The van der Waals surface area contributed by atoms with Gasteiger partial charge in [0, 0.05) is 30.5 Å². The zero-order valence-corrected chi connectivity index (χ0v) is 16.3. The predicted octanol–water partition coefficient (Wildman–Crippen LogP) is 3.70. The standard InChI is InChI=1S/C20H22N2O2S2/c1-16-7-9-18(10-8-16)15-26(23,24)22-12-11-20-21-14-19(25-20)13-17-5-3-2-4-6-17/h2-10,14,22H,11-13,15H2,1H3. The average Bonchev–Trinajstić information content (AvgIpc) is 3.05. The molecule has 6 heteroatoms. The number of aryl methyl sites for hydroxylation is 1. The fraction of sp³-hybridized carbons (Fsp3) is 0.250. The van der Waals surface area contributed by atoms with Crippen molar-refractivity contribution in [3.8, 4) is 0 Å². The molecule has 1 N–H and O–H groups in total. The molecule has 0 radical (unpaired) electrons. The van der Waals surface area contributed by atoms with Crippen molar-refractivity contribution in [1.29, 1.82) is 0 Å². The Bertz CT molecular complexity index is 933. The van der Waals surface area contributed by atoms with Crippen molar-refractivity contribution in [2.45, 2.75) is 25.5 Å². The molecule has 0 aliphatic rings. The van der Waals surface area contributed by atoms with Gasteiger partial charge in [-0.2, -0.15) is 0 Å². The van der Waals surface area contributed by atoms with Crippen LogP contribution in [0.1, 0.15) is 26.6 Å². The molecular formula is C20H22N2O2S2. The second kappa shape index (κ2) is 8.58. The van der Waals surface area contributed by atoms with Crippen molar-refractivity contribution >= 4 is 21.4 Å². The second-order valence-corrected chi connectivity index (χ2v) is 9.28. The molecule has 0 saturated carbocycles. The summed E-state index contributed by atoms with van der Waals surface area (Å²) in [5, 5.41) is 0.953. The van der Waals surface area contributed by atoms with E-state index in [9.17, 15) is 8.42 Å². The molecular weight excluding hydrogens is 364 g/mol. The van der Waals surface area contributed by atoms with Crippen molar-refractivity contribution in [2.24, 2.45) is 0 Å². The number of benzene rings is 2. The summed E-state index contributed by atoms with van der Waals surface area (Å²) in [5.41, 5.74) is 3.16. The Kier molecular flexibility index (Phi) is 6.19. The number of aromatic nitrogens is 1. The van der Waals surface area contributed by atoms with Crippen LogP contribution in [0.25, 0.3) is 0 Å². The van der Waals surface area contributed by atoms with Gasteiger partial charge in [-0.1, -0.05) is 60.2 Å². The van der Waals surface area contributed by atoms with Crippen molar-refractivity contribution in [2.75, 3.05) is 6.54 Å². The van der Waals surface area contributed by atoms with Crippen LogP contribution in [0.3, 0.4) is 0 Å². The first kappa shape index (κ1) is 18.8. The van der Waals surface area contributed by atoms with E-state index in [-0.39, 0.29) is 5.75 Å². The molecule has 0 aliphatic heterocycles. The summed E-state index contributed by atoms with van der Waals surface area (Å²) in [5.74, 6) is 0.00437. The van der Waals surface area contributed by atoms with Crippen LogP contribution in [0.15, 0.2) is 60.8 Å². The van der Waals surface area contributed by atoms with Gasteiger partial charge in [0.1, 0.15) is 0 Å². The molecule has 3 rings (SSSR count). The number of rotatable bonds is 8. The summed E-state index contributed by atoms with van der Waals surface area (Å²) in [7, 11) is -3.33. The van der Waals surface area contributed by atoms with Crippen molar-refractivity contribution < 1.29 is 8.42 Å². The molecule has 0 atom stereocenters. The smallest absolute Gasteiger partial charge is 0.215 e. The van der Waals surface area contributed by atoms with E-state index in [0.717, 1.165) is 22.6 Å². The number of hydrogen-bond acceptors (Lipinski definition) is 4. The maximum absolute atomic E-state index is 12.2. The topological polar surface area (TPSA) is 59.1 Å². The second-order valence-electron chi connectivity index (χ2n) is 6.27. The van der Waals surface area contributed by atoms with E-state index in [1.54, 1.807) is 11.3 Å². The third kappa shape index (κ3) is 5.76. The lowest BCUT2D eigenvalue weighted by Gasteiger charge is -2.06. The van der Waals surface area contributed by atoms with Crippen LogP contribution in [0, 0.1) is 6.92 Å². The Balaban J connectivity index is 1.49. The highest BCUT2D eigenvalue weighted by atomic mass is 32.2. The van der Waals surface area contributed by atoms with Crippen LogP contribution < -0.4 is 4.72 Å². The van der Waals surface area contributed by atoms with E-state index in [1.807, 2.05) is 55.6 Å². The van der Waals surface area contributed by atoms with E-state index in [4.69, 9.17) is 0 Å². The number of nitrogens with one attached hydrogen (secondary N) is 1. The summed E-state index contributed by atoms with van der Waals surface area (Å²) in [6.07, 6.45) is 3.35. The minimum atomic E-state index is -3.33. The van der Waals surface area contributed by atoms with E-state index in [1.165, 1.54) is 10.4 Å². The minimum absolute atomic E-state index is 0.00437. The van der Waals surface area contributed by atoms with Crippen molar-refractivity contribution in [3.63, 3.8) is 0 Å². The van der Waals surface area contributed by atoms with Gasteiger partial charge in [0.2, 0.25) is 10.0 Å². The maximum Gasteiger partial charge on any atom is 0.215 e. The third-order valence-corrected chi connectivity index (χ3v) is 6.38. The molecule has 0 bridgehead atoms. The summed E-state index contributed by atoms with van der Waals surface area (Å²) in [6.45, 7) is 2.35. The molecule has 0 fully saturated rings. The first-order chi connectivity index (χ1) is 12.5. The number of thiazole rings is 1. The lowest BCUT2D eigenvalue weighted by atomic mass is 10.1. The molecule has 4 nitrogen and oxygen atoms in total. The monoisotopic (exact) mass is 386 g/mol. The van der Waals surface area contributed by atoms with Crippen LogP contribution in [-0.4, -0.2) is 19.9 Å².